The van der Waals surface area contributed by atoms with Gasteiger partial charge in [0.2, 0.25) is 0 Å². The molecule has 1 heterocycles. The highest BCUT2D eigenvalue weighted by molar-refractivity contribution is 5.26. The van der Waals surface area contributed by atoms with E-state index < -0.39 is 17.7 Å². The Bertz CT molecular complexity index is 396. The molecule has 14 heavy (non-hydrogen) atoms. The van der Waals surface area contributed by atoms with Gasteiger partial charge in [-0.25, -0.2) is 8.78 Å². The Morgan fingerprint density at radius 2 is 2.00 bits per heavy atom. The average Bonchev–Trinajstić information content (AvgIpc) is 2.19. The van der Waals surface area contributed by atoms with Gasteiger partial charge in [-0.1, -0.05) is 6.08 Å². The molecule has 2 rings (SSSR count). The molecule has 1 aliphatic heterocycles. The quantitative estimate of drug-likeness (QED) is 0.667. The van der Waals surface area contributed by atoms with Gasteiger partial charge < -0.3 is 4.74 Å². The third-order valence-electron chi connectivity index (χ3n) is 1.97. The van der Waals surface area contributed by atoms with Gasteiger partial charge in [0, 0.05) is 11.6 Å². The lowest BCUT2D eigenvalue weighted by atomic mass is 10.1. The first-order valence-electron chi connectivity index (χ1n) is 4.21. The van der Waals surface area contributed by atoms with Gasteiger partial charge in [-0.15, -0.1) is 0 Å². The molecule has 1 atom stereocenters. The summed E-state index contributed by atoms with van der Waals surface area (Å²) in [7, 11) is 0. The minimum Gasteiger partial charge on any atom is -0.489 e. The van der Waals surface area contributed by atoms with Gasteiger partial charge in [0.25, 0.3) is 0 Å². The molecular weight excluding hydrogens is 186 g/mol. The Hall–Kier alpha value is -1.64. The first-order chi connectivity index (χ1) is 6.77. The van der Waals surface area contributed by atoms with Crippen LogP contribution in [0, 0.1) is 11.6 Å². The molecule has 1 unspecified atom stereocenters. The molecule has 1 nitrogen and oxygen atoms in total. The van der Waals surface area contributed by atoms with Crippen molar-refractivity contribution in [3.63, 3.8) is 0 Å². The minimum atomic E-state index is -0.588. The minimum absolute atomic E-state index is 0.340. The first-order valence-corrected chi connectivity index (χ1v) is 4.21. The van der Waals surface area contributed by atoms with Crippen LogP contribution >= 0.6 is 0 Å². The van der Waals surface area contributed by atoms with Crippen molar-refractivity contribution in [2.75, 3.05) is 0 Å². The van der Waals surface area contributed by atoms with Gasteiger partial charge in [-0.05, 0) is 24.3 Å². The molecule has 0 saturated carbocycles. The van der Waals surface area contributed by atoms with Crippen molar-refractivity contribution in [3.05, 3.63) is 59.9 Å². The monoisotopic (exact) mass is 194 g/mol. The Balaban J connectivity index is 2.32. The molecule has 1 aromatic rings. The molecule has 0 N–H and O–H groups in total. The van der Waals surface area contributed by atoms with Crippen molar-refractivity contribution in [1.82, 2.24) is 0 Å². The van der Waals surface area contributed by atoms with E-state index in [-0.39, 0.29) is 0 Å². The number of ether oxygens (including phenoxy) is 1. The van der Waals surface area contributed by atoms with Gasteiger partial charge >= 0.3 is 0 Å². The Morgan fingerprint density at radius 1 is 1.14 bits per heavy atom. The molecular formula is C11H8F2O. The molecule has 0 aromatic heterocycles. The molecule has 0 saturated heterocycles. The van der Waals surface area contributed by atoms with Crippen molar-refractivity contribution in [3.8, 4) is 0 Å². The van der Waals surface area contributed by atoms with E-state index in [1.807, 2.05) is 0 Å². The summed E-state index contributed by atoms with van der Waals surface area (Å²) >= 11 is 0. The Labute approximate surface area is 80.3 Å². The predicted molar refractivity (Wildman–Crippen MR) is 48.5 cm³/mol. The van der Waals surface area contributed by atoms with Crippen molar-refractivity contribution >= 4 is 0 Å². The zero-order valence-corrected chi connectivity index (χ0v) is 7.28. The summed E-state index contributed by atoms with van der Waals surface area (Å²) in [6.07, 6.45) is 6.19. The molecule has 1 aromatic carbocycles. The smallest absolute Gasteiger partial charge is 0.144 e. The fourth-order valence-electron chi connectivity index (χ4n) is 1.30. The van der Waals surface area contributed by atoms with Crippen LogP contribution < -0.4 is 0 Å². The highest BCUT2D eigenvalue weighted by Gasteiger charge is 2.14. The molecule has 0 spiro atoms. The third kappa shape index (κ3) is 1.66. The average molecular weight is 194 g/mol. The van der Waals surface area contributed by atoms with Crippen molar-refractivity contribution in [2.24, 2.45) is 0 Å². The molecule has 0 radical (unpaired) electrons. The van der Waals surface area contributed by atoms with Crippen LogP contribution in [-0.4, -0.2) is 0 Å². The van der Waals surface area contributed by atoms with Gasteiger partial charge in [0.05, 0.1) is 6.26 Å². The Morgan fingerprint density at radius 3 is 2.64 bits per heavy atom. The second-order valence-electron chi connectivity index (χ2n) is 2.94. The van der Waals surface area contributed by atoms with E-state index in [4.69, 9.17) is 4.74 Å². The van der Waals surface area contributed by atoms with E-state index in [0.717, 1.165) is 6.07 Å². The summed E-state index contributed by atoms with van der Waals surface area (Å²) in [5.74, 6) is -1.17. The van der Waals surface area contributed by atoms with Crippen LogP contribution in [-0.2, 0) is 4.74 Å². The SMILES string of the molecule is Fc1ccc(C2C=CC=CO2)c(F)c1. The van der Waals surface area contributed by atoms with E-state index >= 15 is 0 Å². The topological polar surface area (TPSA) is 9.23 Å². The Kier molecular flexibility index (Phi) is 2.31. The highest BCUT2D eigenvalue weighted by atomic mass is 19.1. The van der Waals surface area contributed by atoms with Gasteiger partial charge in [0.15, 0.2) is 0 Å². The highest BCUT2D eigenvalue weighted by Crippen LogP contribution is 2.24. The zero-order chi connectivity index (χ0) is 9.97. The second kappa shape index (κ2) is 3.62. The lowest BCUT2D eigenvalue weighted by Gasteiger charge is -2.15. The van der Waals surface area contributed by atoms with Crippen LogP contribution in [0.3, 0.4) is 0 Å². The molecule has 72 valence electrons. The number of allylic oxidation sites excluding steroid dienone is 2. The largest absolute Gasteiger partial charge is 0.489 e. The third-order valence-corrected chi connectivity index (χ3v) is 1.97. The lowest BCUT2D eigenvalue weighted by molar-refractivity contribution is 0.182. The van der Waals surface area contributed by atoms with E-state index in [1.54, 1.807) is 18.2 Å². The van der Waals surface area contributed by atoms with Crippen LogP contribution in [0.15, 0.2) is 42.7 Å². The fraction of sp³-hybridized carbons (Fsp3) is 0.0909. The number of benzene rings is 1. The molecule has 0 fully saturated rings. The predicted octanol–water partition coefficient (Wildman–Crippen LogP) is 3.11. The molecule has 0 amide bonds. The maximum Gasteiger partial charge on any atom is 0.144 e. The van der Waals surface area contributed by atoms with E-state index in [1.165, 1.54) is 18.4 Å². The van der Waals surface area contributed by atoms with Crippen molar-refractivity contribution in [1.29, 1.82) is 0 Å². The van der Waals surface area contributed by atoms with Gasteiger partial charge in [0.1, 0.15) is 17.7 Å². The second-order valence-corrected chi connectivity index (χ2v) is 2.94. The maximum atomic E-state index is 13.3. The maximum absolute atomic E-state index is 13.3. The van der Waals surface area contributed by atoms with Crippen LogP contribution in [0.4, 0.5) is 8.78 Å². The van der Waals surface area contributed by atoms with E-state index in [0.29, 0.717) is 5.56 Å². The molecule has 0 bridgehead atoms. The number of hydrogen-bond acceptors (Lipinski definition) is 1. The summed E-state index contributed by atoms with van der Waals surface area (Å²) in [6, 6.07) is 3.46. The molecule has 1 aliphatic rings. The van der Waals surface area contributed by atoms with Gasteiger partial charge in [-0.2, -0.15) is 0 Å². The summed E-state index contributed by atoms with van der Waals surface area (Å²) in [6.45, 7) is 0. The summed E-state index contributed by atoms with van der Waals surface area (Å²) in [5.41, 5.74) is 0.340. The summed E-state index contributed by atoms with van der Waals surface area (Å²) < 4.78 is 31.0. The number of rotatable bonds is 1. The molecule has 0 aliphatic carbocycles. The van der Waals surface area contributed by atoms with Crippen LogP contribution in [0.25, 0.3) is 0 Å². The van der Waals surface area contributed by atoms with Crippen molar-refractivity contribution in [2.45, 2.75) is 6.10 Å². The van der Waals surface area contributed by atoms with Crippen molar-refractivity contribution < 1.29 is 13.5 Å². The zero-order valence-electron chi connectivity index (χ0n) is 7.28. The normalized spacial score (nSPS) is 19.4. The fourth-order valence-corrected chi connectivity index (χ4v) is 1.30. The standard InChI is InChI=1S/C11H8F2O/c12-8-4-5-9(10(13)7-8)11-3-1-2-6-14-11/h1-7,11H. The van der Waals surface area contributed by atoms with Crippen LogP contribution in [0.1, 0.15) is 11.7 Å². The van der Waals surface area contributed by atoms with E-state index in [2.05, 4.69) is 0 Å². The lowest BCUT2D eigenvalue weighted by Crippen LogP contribution is -2.02. The van der Waals surface area contributed by atoms with Crippen LogP contribution in [0.5, 0.6) is 0 Å². The first kappa shape index (κ1) is 8.94. The number of halogens is 2. The van der Waals surface area contributed by atoms with Crippen LogP contribution in [0.2, 0.25) is 0 Å². The summed E-state index contributed by atoms with van der Waals surface area (Å²) in [5, 5.41) is 0. The summed E-state index contributed by atoms with van der Waals surface area (Å²) in [4.78, 5) is 0. The van der Waals surface area contributed by atoms with Gasteiger partial charge in [-0.3, -0.25) is 0 Å². The number of hydrogen-bond donors (Lipinski definition) is 0. The van der Waals surface area contributed by atoms with E-state index in [9.17, 15) is 8.78 Å². The molecule has 3 heteroatoms.